The molecule has 0 amide bonds. The molecule has 0 N–H and O–H groups in total. The Kier molecular flexibility index (Phi) is 4.47. The Morgan fingerprint density at radius 2 is 2.13 bits per heavy atom. The van der Waals surface area contributed by atoms with E-state index in [0.29, 0.717) is 5.16 Å². The summed E-state index contributed by atoms with van der Waals surface area (Å²) in [6, 6.07) is 8.10. The molecule has 7 heteroatoms. The average Bonchev–Trinajstić information content (AvgIpc) is 2.88. The van der Waals surface area contributed by atoms with Crippen LogP contribution in [0.5, 0.6) is 0 Å². The highest BCUT2D eigenvalue weighted by atomic mass is 32.2. The van der Waals surface area contributed by atoms with Crippen molar-refractivity contribution in [2.75, 3.05) is 7.11 Å². The van der Waals surface area contributed by atoms with E-state index in [9.17, 15) is 4.79 Å². The average molecular weight is 330 g/mol. The molecule has 1 unspecified atom stereocenters. The van der Waals surface area contributed by atoms with Crippen LogP contribution in [0.25, 0.3) is 22.1 Å². The molecule has 0 saturated heterocycles. The first-order chi connectivity index (χ1) is 11.2. The number of carbonyl (C=O) groups is 1. The minimum absolute atomic E-state index is 0.298. The molecule has 2 aromatic heterocycles. The van der Waals surface area contributed by atoms with Gasteiger partial charge in [0.2, 0.25) is 5.16 Å². The number of nitrogens with zero attached hydrogens (tertiary/aromatic N) is 4. The standard InChI is InChI=1S/C16H18N4O2S/c1-4-9-20-12-8-6-5-7-11(12)13-14(20)17-16(19-18-13)23-10(2)15(21)22-3/h5-8,10H,4,9H2,1-3H3. The Hall–Kier alpha value is -2.15. The topological polar surface area (TPSA) is 69.9 Å². The second-order valence-corrected chi connectivity index (χ2v) is 6.53. The Balaban J connectivity index is 2.09. The van der Waals surface area contributed by atoms with Gasteiger partial charge >= 0.3 is 5.97 Å². The number of hydrogen-bond acceptors (Lipinski definition) is 6. The molecule has 0 spiro atoms. The number of rotatable bonds is 5. The third-order valence-corrected chi connectivity index (χ3v) is 4.55. The van der Waals surface area contributed by atoms with Crippen molar-refractivity contribution in [1.82, 2.24) is 19.7 Å². The van der Waals surface area contributed by atoms with Crippen LogP contribution in [0, 0.1) is 0 Å². The van der Waals surface area contributed by atoms with Crippen molar-refractivity contribution in [1.29, 1.82) is 0 Å². The van der Waals surface area contributed by atoms with Gasteiger partial charge in [-0.1, -0.05) is 36.9 Å². The van der Waals surface area contributed by atoms with E-state index in [-0.39, 0.29) is 11.2 Å². The molecule has 1 atom stereocenters. The Morgan fingerprint density at radius 1 is 1.35 bits per heavy atom. The number of para-hydroxylation sites is 1. The predicted octanol–water partition coefficient (Wildman–Crippen LogP) is 3.04. The second-order valence-electron chi connectivity index (χ2n) is 5.22. The largest absolute Gasteiger partial charge is 0.468 e. The summed E-state index contributed by atoms with van der Waals surface area (Å²) in [5.41, 5.74) is 2.71. The van der Waals surface area contributed by atoms with E-state index in [4.69, 9.17) is 4.74 Å². The summed E-state index contributed by atoms with van der Waals surface area (Å²) in [7, 11) is 1.38. The van der Waals surface area contributed by atoms with Gasteiger partial charge in [-0.15, -0.1) is 10.2 Å². The van der Waals surface area contributed by atoms with Gasteiger partial charge in [0, 0.05) is 11.9 Å². The minimum atomic E-state index is -0.372. The number of fused-ring (bicyclic) bond motifs is 3. The smallest absolute Gasteiger partial charge is 0.318 e. The minimum Gasteiger partial charge on any atom is -0.468 e. The fourth-order valence-corrected chi connectivity index (χ4v) is 3.30. The first kappa shape index (κ1) is 15.7. The molecule has 0 fully saturated rings. The molecular formula is C16H18N4O2S. The fourth-order valence-electron chi connectivity index (χ4n) is 2.56. The highest BCUT2D eigenvalue weighted by Gasteiger charge is 2.19. The monoisotopic (exact) mass is 330 g/mol. The van der Waals surface area contributed by atoms with Crippen LogP contribution in [0.15, 0.2) is 29.4 Å². The van der Waals surface area contributed by atoms with Gasteiger partial charge in [0.25, 0.3) is 0 Å². The maximum absolute atomic E-state index is 11.6. The second kappa shape index (κ2) is 6.54. The predicted molar refractivity (Wildman–Crippen MR) is 90.5 cm³/mol. The number of thioether (sulfide) groups is 1. The molecular weight excluding hydrogens is 312 g/mol. The molecule has 120 valence electrons. The summed E-state index contributed by atoms with van der Waals surface area (Å²) in [6.07, 6.45) is 0.999. The van der Waals surface area contributed by atoms with Crippen molar-refractivity contribution < 1.29 is 9.53 Å². The number of esters is 1. The zero-order valence-electron chi connectivity index (χ0n) is 13.3. The van der Waals surface area contributed by atoms with Gasteiger partial charge in [-0.3, -0.25) is 4.79 Å². The van der Waals surface area contributed by atoms with Crippen LogP contribution in [-0.2, 0) is 16.1 Å². The summed E-state index contributed by atoms with van der Waals surface area (Å²) in [6.45, 7) is 4.76. The van der Waals surface area contributed by atoms with Gasteiger partial charge in [-0.2, -0.15) is 0 Å². The van der Waals surface area contributed by atoms with Crippen molar-refractivity contribution in [3.63, 3.8) is 0 Å². The van der Waals surface area contributed by atoms with Crippen molar-refractivity contribution in [3.8, 4) is 0 Å². The van der Waals surface area contributed by atoms with Crippen molar-refractivity contribution in [2.24, 2.45) is 0 Å². The molecule has 2 heterocycles. The van der Waals surface area contributed by atoms with Gasteiger partial charge in [0.1, 0.15) is 10.8 Å². The number of methoxy groups -OCH3 is 1. The van der Waals surface area contributed by atoms with Gasteiger partial charge in [-0.25, -0.2) is 4.98 Å². The lowest BCUT2D eigenvalue weighted by atomic mass is 10.2. The lowest BCUT2D eigenvalue weighted by Crippen LogP contribution is -2.15. The SMILES string of the molecule is CCCn1c2ccccc2c2nnc(SC(C)C(=O)OC)nc21. The summed E-state index contributed by atoms with van der Waals surface area (Å²) < 4.78 is 6.90. The summed E-state index contributed by atoms with van der Waals surface area (Å²) in [5, 5.41) is 9.67. The number of aromatic nitrogens is 4. The first-order valence-corrected chi connectivity index (χ1v) is 8.39. The molecule has 0 aliphatic rings. The maximum atomic E-state index is 11.6. The van der Waals surface area contributed by atoms with Crippen LogP contribution in [0.4, 0.5) is 0 Å². The third-order valence-electron chi connectivity index (χ3n) is 3.62. The van der Waals surface area contributed by atoms with Gasteiger partial charge in [-0.05, 0) is 19.4 Å². The Labute approximate surface area is 138 Å². The molecule has 0 aliphatic carbocycles. The van der Waals surface area contributed by atoms with Crippen LogP contribution in [0.1, 0.15) is 20.3 Å². The highest BCUT2D eigenvalue weighted by Crippen LogP contribution is 2.28. The first-order valence-electron chi connectivity index (χ1n) is 7.51. The van der Waals surface area contributed by atoms with E-state index >= 15 is 0 Å². The third kappa shape index (κ3) is 2.88. The molecule has 3 rings (SSSR count). The Morgan fingerprint density at radius 3 is 2.87 bits per heavy atom. The van der Waals surface area contributed by atoms with E-state index in [1.807, 2.05) is 18.2 Å². The van der Waals surface area contributed by atoms with E-state index in [1.54, 1.807) is 6.92 Å². The summed E-state index contributed by atoms with van der Waals surface area (Å²) in [5.74, 6) is -0.298. The van der Waals surface area contributed by atoms with E-state index in [2.05, 4.69) is 32.7 Å². The van der Waals surface area contributed by atoms with E-state index < -0.39 is 0 Å². The molecule has 0 radical (unpaired) electrons. The van der Waals surface area contributed by atoms with Crippen molar-refractivity contribution in [3.05, 3.63) is 24.3 Å². The lowest BCUT2D eigenvalue weighted by molar-refractivity contribution is -0.139. The molecule has 0 aliphatic heterocycles. The Bertz CT molecular complexity index is 862. The van der Waals surface area contributed by atoms with Crippen molar-refractivity contribution >= 4 is 39.8 Å². The maximum Gasteiger partial charge on any atom is 0.318 e. The number of aryl methyl sites for hydroxylation is 1. The van der Waals surface area contributed by atoms with E-state index in [1.165, 1.54) is 18.9 Å². The lowest BCUT2D eigenvalue weighted by Gasteiger charge is -2.07. The quantitative estimate of drug-likeness (QED) is 0.529. The highest BCUT2D eigenvalue weighted by molar-refractivity contribution is 8.00. The molecule has 0 saturated carbocycles. The van der Waals surface area contributed by atoms with Crippen LogP contribution in [0.2, 0.25) is 0 Å². The molecule has 23 heavy (non-hydrogen) atoms. The molecule has 3 aromatic rings. The number of hydrogen-bond donors (Lipinski definition) is 0. The van der Waals surface area contributed by atoms with Gasteiger partial charge < -0.3 is 9.30 Å². The summed E-state index contributed by atoms with van der Waals surface area (Å²) in [4.78, 5) is 16.2. The van der Waals surface area contributed by atoms with Crippen LogP contribution < -0.4 is 0 Å². The zero-order chi connectivity index (χ0) is 16.4. The van der Waals surface area contributed by atoms with Crippen molar-refractivity contribution in [2.45, 2.75) is 37.2 Å². The molecule has 1 aromatic carbocycles. The van der Waals surface area contributed by atoms with Gasteiger partial charge in [0.15, 0.2) is 5.65 Å². The summed E-state index contributed by atoms with van der Waals surface area (Å²) >= 11 is 1.26. The molecule has 6 nitrogen and oxygen atoms in total. The fraction of sp³-hybridized carbons (Fsp3) is 0.375. The zero-order valence-corrected chi connectivity index (χ0v) is 14.1. The van der Waals surface area contributed by atoms with E-state index in [0.717, 1.165) is 35.0 Å². The number of carbonyl (C=O) groups excluding carboxylic acids is 1. The molecule has 0 bridgehead atoms. The van der Waals surface area contributed by atoms with Crippen LogP contribution in [-0.4, -0.2) is 38.1 Å². The number of benzene rings is 1. The number of ether oxygens (including phenoxy) is 1. The van der Waals surface area contributed by atoms with Crippen LogP contribution in [0.3, 0.4) is 0 Å². The van der Waals surface area contributed by atoms with Crippen LogP contribution >= 0.6 is 11.8 Å². The normalized spacial score (nSPS) is 12.7. The van der Waals surface area contributed by atoms with Gasteiger partial charge in [0.05, 0.1) is 12.6 Å².